The van der Waals surface area contributed by atoms with E-state index in [2.05, 4.69) is 27.3 Å². The van der Waals surface area contributed by atoms with E-state index in [1.807, 2.05) is 36.5 Å². The number of nitrogens with one attached hydrogen (secondary N) is 1. The van der Waals surface area contributed by atoms with Crippen LogP contribution in [0.2, 0.25) is 0 Å². The lowest BCUT2D eigenvalue weighted by Gasteiger charge is -2.20. The summed E-state index contributed by atoms with van der Waals surface area (Å²) in [6.07, 6.45) is 4.77. The number of methoxy groups -OCH3 is 1. The number of aromatic nitrogens is 1. The number of likely N-dealkylation sites (tertiary alicyclic amines) is 1. The van der Waals surface area contributed by atoms with Crippen LogP contribution in [-0.4, -0.2) is 42.0 Å². The minimum atomic E-state index is -0.283. The van der Waals surface area contributed by atoms with Crippen molar-refractivity contribution in [1.82, 2.24) is 15.2 Å². The number of amides is 1. The Morgan fingerprint density at radius 1 is 1.27 bits per heavy atom. The van der Waals surface area contributed by atoms with E-state index in [1.165, 1.54) is 5.56 Å². The van der Waals surface area contributed by atoms with E-state index in [9.17, 15) is 4.79 Å². The summed E-state index contributed by atoms with van der Waals surface area (Å²) in [5.74, 6) is 0.831. The summed E-state index contributed by atoms with van der Waals surface area (Å²) in [7, 11) is 1.62. The molecule has 0 spiro atoms. The van der Waals surface area contributed by atoms with Crippen LogP contribution in [0.4, 0.5) is 0 Å². The van der Waals surface area contributed by atoms with Gasteiger partial charge in [0.1, 0.15) is 0 Å². The normalized spacial score (nSPS) is 21.3. The van der Waals surface area contributed by atoms with Gasteiger partial charge in [0.05, 0.1) is 12.5 Å². The molecule has 2 aliphatic rings. The topological polar surface area (TPSA) is 54.5 Å². The van der Waals surface area contributed by atoms with Gasteiger partial charge in [-0.3, -0.25) is 9.69 Å². The molecule has 2 fully saturated rings. The summed E-state index contributed by atoms with van der Waals surface area (Å²) < 4.78 is 5.10. The van der Waals surface area contributed by atoms with Gasteiger partial charge in [-0.1, -0.05) is 36.4 Å². The molecular formula is C21H25N3O2. The summed E-state index contributed by atoms with van der Waals surface area (Å²) in [6.45, 7) is 2.74. The number of pyridine rings is 1. The molecule has 2 aromatic rings. The molecule has 2 heterocycles. The Hall–Kier alpha value is -2.40. The first-order valence-electron chi connectivity index (χ1n) is 9.27. The molecule has 1 aliphatic heterocycles. The fraction of sp³-hybridized carbons (Fsp3) is 0.429. The SMILES string of the molecule is COc1ccc(CN2CC[C@H](NC(=O)C3(c4ccccc4)CC3)C2)cn1. The first-order chi connectivity index (χ1) is 12.7. The molecule has 0 unspecified atom stereocenters. The average Bonchev–Trinajstić information content (AvgIpc) is 3.39. The number of ether oxygens (including phenoxy) is 1. The highest BCUT2D eigenvalue weighted by Gasteiger charge is 2.51. The van der Waals surface area contributed by atoms with E-state index in [-0.39, 0.29) is 17.4 Å². The van der Waals surface area contributed by atoms with Crippen LogP contribution in [0, 0.1) is 0 Å². The zero-order valence-corrected chi connectivity index (χ0v) is 15.1. The van der Waals surface area contributed by atoms with Gasteiger partial charge in [0, 0.05) is 37.9 Å². The standard InChI is InChI=1S/C21H25N3O2/c1-26-19-8-7-16(13-22-19)14-24-12-9-18(15-24)23-20(25)21(10-11-21)17-5-3-2-4-6-17/h2-8,13,18H,9-12,14-15H2,1H3,(H,23,25)/t18-/m0/s1. The van der Waals surface area contributed by atoms with Crippen molar-refractivity contribution in [1.29, 1.82) is 0 Å². The number of hydrogen-bond donors (Lipinski definition) is 1. The molecule has 0 radical (unpaired) electrons. The summed E-state index contributed by atoms with van der Waals surface area (Å²) in [6, 6.07) is 14.4. The van der Waals surface area contributed by atoms with Gasteiger partial charge in [0.2, 0.25) is 11.8 Å². The van der Waals surface area contributed by atoms with Crippen molar-refractivity contribution in [3.63, 3.8) is 0 Å². The second kappa shape index (κ2) is 7.08. The van der Waals surface area contributed by atoms with Crippen LogP contribution in [0.25, 0.3) is 0 Å². The van der Waals surface area contributed by atoms with Gasteiger partial charge in [0.25, 0.3) is 0 Å². The molecule has 0 bridgehead atoms. The highest BCUT2D eigenvalue weighted by atomic mass is 16.5. The first-order valence-corrected chi connectivity index (χ1v) is 9.27. The van der Waals surface area contributed by atoms with Gasteiger partial charge in [-0.25, -0.2) is 4.98 Å². The van der Waals surface area contributed by atoms with Crippen molar-refractivity contribution in [2.45, 2.75) is 37.3 Å². The molecule has 1 N–H and O–H groups in total. The van der Waals surface area contributed by atoms with Gasteiger partial charge in [-0.05, 0) is 30.4 Å². The predicted molar refractivity (Wildman–Crippen MR) is 100.0 cm³/mol. The highest BCUT2D eigenvalue weighted by Crippen LogP contribution is 2.48. The average molecular weight is 351 g/mol. The van der Waals surface area contributed by atoms with Gasteiger partial charge in [-0.15, -0.1) is 0 Å². The Bertz CT molecular complexity index is 757. The number of hydrogen-bond acceptors (Lipinski definition) is 4. The number of benzene rings is 1. The van der Waals surface area contributed by atoms with Crippen molar-refractivity contribution in [3.8, 4) is 5.88 Å². The quantitative estimate of drug-likeness (QED) is 0.869. The third kappa shape index (κ3) is 3.44. The number of carbonyl (C=O) groups is 1. The highest BCUT2D eigenvalue weighted by molar-refractivity contribution is 5.91. The third-order valence-corrected chi connectivity index (χ3v) is 5.53. The molecular weight excluding hydrogens is 326 g/mol. The van der Waals surface area contributed by atoms with E-state index in [0.29, 0.717) is 5.88 Å². The Morgan fingerprint density at radius 2 is 2.08 bits per heavy atom. The molecule has 4 rings (SSSR count). The Kier molecular flexibility index (Phi) is 4.64. The van der Waals surface area contributed by atoms with Gasteiger partial charge in [0.15, 0.2) is 0 Å². The summed E-state index contributed by atoms with van der Waals surface area (Å²) in [5.41, 5.74) is 2.03. The molecule has 1 aromatic carbocycles. The van der Waals surface area contributed by atoms with E-state index in [0.717, 1.165) is 44.5 Å². The lowest BCUT2D eigenvalue weighted by molar-refractivity contribution is -0.124. The van der Waals surface area contributed by atoms with Crippen LogP contribution in [0.15, 0.2) is 48.7 Å². The molecule has 26 heavy (non-hydrogen) atoms. The molecule has 136 valence electrons. The molecule has 1 atom stereocenters. The van der Waals surface area contributed by atoms with Crippen molar-refractivity contribution in [2.24, 2.45) is 0 Å². The molecule has 5 nitrogen and oxygen atoms in total. The van der Waals surface area contributed by atoms with Gasteiger partial charge in [-0.2, -0.15) is 0 Å². The van der Waals surface area contributed by atoms with Gasteiger partial charge >= 0.3 is 0 Å². The van der Waals surface area contributed by atoms with Crippen LogP contribution >= 0.6 is 0 Å². The molecule has 1 aliphatic carbocycles. The maximum atomic E-state index is 12.9. The van der Waals surface area contributed by atoms with Crippen LogP contribution in [0.5, 0.6) is 5.88 Å². The minimum absolute atomic E-state index is 0.196. The number of nitrogens with zero attached hydrogens (tertiary/aromatic N) is 2. The number of rotatable bonds is 6. The van der Waals surface area contributed by atoms with Crippen LogP contribution in [0.1, 0.15) is 30.4 Å². The van der Waals surface area contributed by atoms with Crippen LogP contribution in [0.3, 0.4) is 0 Å². The fourth-order valence-corrected chi connectivity index (χ4v) is 3.83. The number of carbonyl (C=O) groups excluding carboxylic acids is 1. The van der Waals surface area contributed by atoms with E-state index >= 15 is 0 Å². The Morgan fingerprint density at radius 3 is 2.73 bits per heavy atom. The summed E-state index contributed by atoms with van der Waals surface area (Å²) >= 11 is 0. The predicted octanol–water partition coefficient (Wildman–Crippen LogP) is 2.51. The second-order valence-corrected chi connectivity index (χ2v) is 7.35. The largest absolute Gasteiger partial charge is 0.481 e. The van der Waals surface area contributed by atoms with Crippen LogP contribution < -0.4 is 10.1 Å². The fourth-order valence-electron chi connectivity index (χ4n) is 3.83. The maximum absolute atomic E-state index is 12.9. The lowest BCUT2D eigenvalue weighted by Crippen LogP contribution is -2.42. The van der Waals surface area contributed by atoms with Crippen molar-refractivity contribution >= 4 is 5.91 Å². The smallest absolute Gasteiger partial charge is 0.230 e. The Balaban J connectivity index is 1.32. The van der Waals surface area contributed by atoms with Crippen molar-refractivity contribution in [2.75, 3.05) is 20.2 Å². The maximum Gasteiger partial charge on any atom is 0.230 e. The van der Waals surface area contributed by atoms with Gasteiger partial charge < -0.3 is 10.1 Å². The van der Waals surface area contributed by atoms with Crippen LogP contribution in [-0.2, 0) is 16.8 Å². The van der Waals surface area contributed by atoms with E-state index < -0.39 is 0 Å². The minimum Gasteiger partial charge on any atom is -0.481 e. The molecule has 1 saturated heterocycles. The molecule has 1 saturated carbocycles. The second-order valence-electron chi connectivity index (χ2n) is 7.35. The molecule has 1 amide bonds. The third-order valence-electron chi connectivity index (χ3n) is 5.53. The zero-order valence-electron chi connectivity index (χ0n) is 15.1. The summed E-state index contributed by atoms with van der Waals surface area (Å²) in [4.78, 5) is 19.5. The zero-order chi connectivity index (χ0) is 18.0. The van der Waals surface area contributed by atoms with Crippen molar-refractivity contribution in [3.05, 3.63) is 59.8 Å². The lowest BCUT2D eigenvalue weighted by atomic mass is 9.94. The van der Waals surface area contributed by atoms with E-state index in [4.69, 9.17) is 4.74 Å². The van der Waals surface area contributed by atoms with E-state index in [1.54, 1.807) is 7.11 Å². The Labute approximate surface area is 154 Å². The molecule has 5 heteroatoms. The monoisotopic (exact) mass is 351 g/mol. The molecule has 1 aromatic heterocycles. The summed E-state index contributed by atoms with van der Waals surface area (Å²) in [5, 5.41) is 3.30. The van der Waals surface area contributed by atoms with Crippen molar-refractivity contribution < 1.29 is 9.53 Å². The first kappa shape index (κ1) is 17.0.